The number of hydrogen-bond donors (Lipinski definition) is 2. The van der Waals surface area contributed by atoms with E-state index in [-0.39, 0.29) is 0 Å². The van der Waals surface area contributed by atoms with E-state index in [1.165, 1.54) is 12.8 Å². The standard InChI is InChI=1S/C13H16BrN3/c14-12-3-4-13(11(6-12)7-15)17-9-10-2-1-5-16-8-10/h3-4,6,10,16-17H,1-2,5,8-9H2. The van der Waals surface area contributed by atoms with E-state index in [9.17, 15) is 0 Å². The molecule has 1 aromatic rings. The van der Waals surface area contributed by atoms with E-state index in [1.54, 1.807) is 0 Å². The quantitative estimate of drug-likeness (QED) is 0.901. The molecule has 0 aromatic heterocycles. The van der Waals surface area contributed by atoms with Gasteiger partial charge in [0.05, 0.1) is 11.3 Å². The van der Waals surface area contributed by atoms with Crippen molar-refractivity contribution < 1.29 is 0 Å². The van der Waals surface area contributed by atoms with Gasteiger partial charge in [-0.3, -0.25) is 0 Å². The normalized spacial score (nSPS) is 19.6. The second-order valence-corrected chi connectivity index (χ2v) is 5.31. The van der Waals surface area contributed by atoms with Crippen molar-refractivity contribution in [3.05, 3.63) is 28.2 Å². The number of halogens is 1. The van der Waals surface area contributed by atoms with Crippen molar-refractivity contribution in [2.24, 2.45) is 5.92 Å². The fourth-order valence-electron chi connectivity index (χ4n) is 2.12. The van der Waals surface area contributed by atoms with Crippen molar-refractivity contribution in [2.75, 3.05) is 25.0 Å². The van der Waals surface area contributed by atoms with Crippen molar-refractivity contribution in [3.63, 3.8) is 0 Å². The zero-order valence-corrected chi connectivity index (χ0v) is 11.3. The third kappa shape index (κ3) is 3.45. The molecule has 1 aliphatic heterocycles. The Morgan fingerprint density at radius 2 is 2.41 bits per heavy atom. The Labute approximate surface area is 110 Å². The summed E-state index contributed by atoms with van der Waals surface area (Å²) in [5.74, 6) is 0.666. The van der Waals surface area contributed by atoms with Crippen LogP contribution in [-0.4, -0.2) is 19.6 Å². The number of nitriles is 1. The molecular weight excluding hydrogens is 278 g/mol. The van der Waals surface area contributed by atoms with E-state index in [2.05, 4.69) is 32.6 Å². The summed E-state index contributed by atoms with van der Waals surface area (Å²) in [5.41, 5.74) is 1.63. The molecule has 17 heavy (non-hydrogen) atoms. The van der Waals surface area contributed by atoms with Gasteiger partial charge in [-0.1, -0.05) is 15.9 Å². The van der Waals surface area contributed by atoms with Gasteiger partial charge in [-0.2, -0.15) is 5.26 Å². The number of hydrogen-bond acceptors (Lipinski definition) is 3. The molecule has 0 bridgehead atoms. The molecule has 4 heteroatoms. The first-order valence-electron chi connectivity index (χ1n) is 5.94. The predicted molar refractivity (Wildman–Crippen MR) is 72.9 cm³/mol. The molecule has 0 spiro atoms. The Bertz CT molecular complexity index is 419. The molecule has 1 aromatic carbocycles. The number of benzene rings is 1. The van der Waals surface area contributed by atoms with E-state index in [1.807, 2.05) is 18.2 Å². The van der Waals surface area contributed by atoms with Crippen LogP contribution in [0.3, 0.4) is 0 Å². The first-order valence-corrected chi connectivity index (χ1v) is 6.73. The van der Waals surface area contributed by atoms with Crippen LogP contribution in [-0.2, 0) is 0 Å². The maximum atomic E-state index is 9.06. The summed E-state index contributed by atoms with van der Waals surface area (Å²) in [4.78, 5) is 0. The molecule has 3 nitrogen and oxygen atoms in total. The van der Waals surface area contributed by atoms with Crippen molar-refractivity contribution in [2.45, 2.75) is 12.8 Å². The highest BCUT2D eigenvalue weighted by Crippen LogP contribution is 2.21. The predicted octanol–water partition coefficient (Wildman–Crippen LogP) is 2.73. The van der Waals surface area contributed by atoms with Crippen molar-refractivity contribution >= 4 is 21.6 Å². The number of piperidine rings is 1. The maximum absolute atomic E-state index is 9.06. The van der Waals surface area contributed by atoms with Crippen LogP contribution >= 0.6 is 15.9 Å². The zero-order valence-electron chi connectivity index (χ0n) is 9.67. The van der Waals surface area contributed by atoms with Crippen LogP contribution in [0, 0.1) is 17.2 Å². The molecule has 1 unspecified atom stereocenters. The van der Waals surface area contributed by atoms with E-state index in [0.717, 1.165) is 29.8 Å². The van der Waals surface area contributed by atoms with Gasteiger partial charge in [0.25, 0.3) is 0 Å². The van der Waals surface area contributed by atoms with E-state index in [0.29, 0.717) is 11.5 Å². The number of nitrogens with zero attached hydrogens (tertiary/aromatic N) is 1. The van der Waals surface area contributed by atoms with Crippen LogP contribution in [0.2, 0.25) is 0 Å². The second-order valence-electron chi connectivity index (χ2n) is 4.39. The van der Waals surface area contributed by atoms with Gasteiger partial charge in [-0.25, -0.2) is 0 Å². The summed E-state index contributed by atoms with van der Waals surface area (Å²) in [7, 11) is 0. The minimum absolute atomic E-state index is 0.666. The second kappa shape index (κ2) is 6.04. The van der Waals surface area contributed by atoms with Gasteiger partial charge in [-0.15, -0.1) is 0 Å². The van der Waals surface area contributed by atoms with Crippen LogP contribution in [0.15, 0.2) is 22.7 Å². The van der Waals surface area contributed by atoms with Crippen molar-refractivity contribution in [3.8, 4) is 6.07 Å². The summed E-state index contributed by atoms with van der Waals surface area (Å²) in [6, 6.07) is 7.98. The molecule has 1 saturated heterocycles. The number of rotatable bonds is 3. The number of nitrogens with one attached hydrogen (secondary N) is 2. The van der Waals surface area contributed by atoms with E-state index in [4.69, 9.17) is 5.26 Å². The lowest BCUT2D eigenvalue weighted by Gasteiger charge is -2.23. The molecular formula is C13H16BrN3. The Balaban J connectivity index is 1.96. The van der Waals surface area contributed by atoms with Gasteiger partial charge < -0.3 is 10.6 Å². The Hall–Kier alpha value is -1.05. The highest BCUT2D eigenvalue weighted by molar-refractivity contribution is 9.10. The minimum Gasteiger partial charge on any atom is -0.384 e. The van der Waals surface area contributed by atoms with Gasteiger partial charge in [0.2, 0.25) is 0 Å². The molecule has 1 atom stereocenters. The SMILES string of the molecule is N#Cc1cc(Br)ccc1NCC1CCCNC1. The third-order valence-electron chi connectivity index (χ3n) is 3.08. The van der Waals surface area contributed by atoms with Crippen molar-refractivity contribution in [1.82, 2.24) is 5.32 Å². The summed E-state index contributed by atoms with van der Waals surface area (Å²) >= 11 is 3.38. The Kier molecular flexibility index (Phi) is 4.41. The molecule has 1 aliphatic rings. The lowest BCUT2D eigenvalue weighted by molar-refractivity contribution is 0.393. The largest absolute Gasteiger partial charge is 0.384 e. The van der Waals surface area contributed by atoms with Crippen LogP contribution in [0.25, 0.3) is 0 Å². The average molecular weight is 294 g/mol. The van der Waals surface area contributed by atoms with Crippen LogP contribution in [0.5, 0.6) is 0 Å². The van der Waals surface area contributed by atoms with Crippen LogP contribution < -0.4 is 10.6 Å². The topological polar surface area (TPSA) is 47.9 Å². The lowest BCUT2D eigenvalue weighted by atomic mass is 9.99. The Morgan fingerprint density at radius 3 is 3.12 bits per heavy atom. The minimum atomic E-state index is 0.666. The molecule has 0 radical (unpaired) electrons. The Morgan fingerprint density at radius 1 is 1.53 bits per heavy atom. The van der Waals surface area contributed by atoms with Gasteiger partial charge in [-0.05, 0) is 50.0 Å². The summed E-state index contributed by atoms with van der Waals surface area (Å²) in [6.07, 6.45) is 2.51. The van der Waals surface area contributed by atoms with Crippen LogP contribution in [0.4, 0.5) is 5.69 Å². The van der Waals surface area contributed by atoms with Gasteiger partial charge in [0.15, 0.2) is 0 Å². The highest BCUT2D eigenvalue weighted by Gasteiger charge is 2.13. The average Bonchev–Trinajstić information content (AvgIpc) is 2.38. The number of anilines is 1. The van der Waals surface area contributed by atoms with E-state index < -0.39 is 0 Å². The van der Waals surface area contributed by atoms with Gasteiger partial charge in [0, 0.05) is 11.0 Å². The first kappa shape index (κ1) is 12.4. The zero-order chi connectivity index (χ0) is 12.1. The first-order chi connectivity index (χ1) is 8.29. The summed E-state index contributed by atoms with van der Waals surface area (Å²) in [6.45, 7) is 3.15. The molecule has 0 aliphatic carbocycles. The summed E-state index contributed by atoms with van der Waals surface area (Å²) < 4.78 is 0.943. The smallest absolute Gasteiger partial charge is 0.101 e. The molecule has 2 N–H and O–H groups in total. The molecule has 2 rings (SSSR count). The molecule has 0 saturated carbocycles. The van der Waals surface area contributed by atoms with Gasteiger partial charge in [0.1, 0.15) is 6.07 Å². The van der Waals surface area contributed by atoms with Crippen LogP contribution in [0.1, 0.15) is 18.4 Å². The maximum Gasteiger partial charge on any atom is 0.101 e. The third-order valence-corrected chi connectivity index (χ3v) is 3.58. The highest BCUT2D eigenvalue weighted by atomic mass is 79.9. The molecule has 1 fully saturated rings. The molecule has 0 amide bonds. The summed E-state index contributed by atoms with van der Waals surface area (Å²) in [5, 5.41) is 15.8. The van der Waals surface area contributed by atoms with Gasteiger partial charge >= 0.3 is 0 Å². The fourth-order valence-corrected chi connectivity index (χ4v) is 2.48. The van der Waals surface area contributed by atoms with E-state index >= 15 is 0 Å². The molecule has 1 heterocycles. The fraction of sp³-hybridized carbons (Fsp3) is 0.462. The molecule has 90 valence electrons. The lowest BCUT2D eigenvalue weighted by Crippen LogP contribution is -2.33. The monoisotopic (exact) mass is 293 g/mol. The van der Waals surface area contributed by atoms with Crippen molar-refractivity contribution in [1.29, 1.82) is 5.26 Å².